The average molecular weight is 440 g/mol. The highest BCUT2D eigenvalue weighted by Gasteiger charge is 2.41. The highest BCUT2D eigenvalue weighted by Crippen LogP contribution is 2.31. The third kappa shape index (κ3) is 5.57. The van der Waals surface area contributed by atoms with Crippen molar-refractivity contribution in [3.05, 3.63) is 28.8 Å². The molecule has 166 valence electrons. The molecule has 1 saturated heterocycles. The summed E-state index contributed by atoms with van der Waals surface area (Å²) in [4.78, 5) is 36.0. The van der Waals surface area contributed by atoms with Crippen LogP contribution in [0.1, 0.15) is 43.4 Å². The number of imide groups is 1. The van der Waals surface area contributed by atoms with Crippen LogP contribution in [0.15, 0.2) is 17.0 Å². The molecule has 1 atom stereocenters. The summed E-state index contributed by atoms with van der Waals surface area (Å²) in [7, 11) is -3.91. The van der Waals surface area contributed by atoms with Gasteiger partial charge in [0.25, 0.3) is 5.91 Å². The molecule has 1 aromatic rings. The summed E-state index contributed by atoms with van der Waals surface area (Å²) in [6.07, 6.45) is 0.809. The molecule has 1 aliphatic rings. The van der Waals surface area contributed by atoms with Gasteiger partial charge in [0.05, 0.1) is 4.90 Å². The van der Waals surface area contributed by atoms with Crippen LogP contribution in [0.5, 0.6) is 0 Å². The molecule has 0 bridgehead atoms. The van der Waals surface area contributed by atoms with Gasteiger partial charge < -0.3 is 10.1 Å². The van der Waals surface area contributed by atoms with E-state index in [1.165, 1.54) is 0 Å². The fraction of sp³-hybridized carbons (Fsp3) is 0.550. The van der Waals surface area contributed by atoms with E-state index in [1.807, 2.05) is 12.2 Å². The van der Waals surface area contributed by atoms with Crippen LogP contribution in [0, 0.1) is 20.8 Å². The molecular weight excluding hydrogens is 410 g/mol. The quantitative estimate of drug-likeness (QED) is 0.649. The molecule has 0 spiro atoms. The number of aryl methyl sites for hydroxylation is 3. The molecule has 1 heterocycles. The van der Waals surface area contributed by atoms with Crippen LogP contribution < -0.4 is 10.6 Å². The van der Waals surface area contributed by atoms with Crippen molar-refractivity contribution in [1.29, 1.82) is 0 Å². The zero-order chi connectivity index (χ0) is 22.6. The molecule has 0 aliphatic carbocycles. The number of urea groups is 1. The van der Waals surface area contributed by atoms with Gasteiger partial charge in [0, 0.05) is 12.6 Å². The fourth-order valence-corrected chi connectivity index (χ4v) is 5.71. The van der Waals surface area contributed by atoms with Crippen LogP contribution in [0.25, 0.3) is 0 Å². The number of benzene rings is 1. The molecule has 10 heteroatoms. The van der Waals surface area contributed by atoms with Crippen molar-refractivity contribution in [2.45, 2.75) is 64.4 Å². The maximum absolute atomic E-state index is 13.3. The van der Waals surface area contributed by atoms with Gasteiger partial charge in [0.1, 0.15) is 6.04 Å². The first-order valence-electron chi connectivity index (χ1n) is 9.80. The first-order chi connectivity index (χ1) is 13.9. The molecule has 1 aliphatic heterocycles. The van der Waals surface area contributed by atoms with Gasteiger partial charge in [-0.15, -0.1) is 0 Å². The van der Waals surface area contributed by atoms with E-state index in [0.717, 1.165) is 9.87 Å². The van der Waals surface area contributed by atoms with Gasteiger partial charge in [0.2, 0.25) is 10.0 Å². The lowest BCUT2D eigenvalue weighted by Crippen LogP contribution is -2.45. The molecule has 1 fully saturated rings. The highest BCUT2D eigenvalue weighted by molar-refractivity contribution is 7.89. The van der Waals surface area contributed by atoms with Crippen molar-refractivity contribution in [3.8, 4) is 0 Å². The summed E-state index contributed by atoms with van der Waals surface area (Å²) in [5, 5.41) is 4.52. The Morgan fingerprint density at radius 3 is 2.33 bits per heavy atom. The molecule has 1 unspecified atom stereocenters. The van der Waals surface area contributed by atoms with Gasteiger partial charge in [-0.05, 0) is 58.6 Å². The molecule has 30 heavy (non-hydrogen) atoms. The summed E-state index contributed by atoms with van der Waals surface area (Å²) < 4.78 is 32.7. The third-order valence-corrected chi connectivity index (χ3v) is 6.88. The molecule has 0 aromatic heterocycles. The molecular formula is C20H29N3O6S. The number of amides is 3. The maximum Gasteiger partial charge on any atom is 0.324 e. The summed E-state index contributed by atoms with van der Waals surface area (Å²) >= 11 is 0. The Morgan fingerprint density at radius 2 is 1.77 bits per heavy atom. The Kier molecular flexibility index (Phi) is 7.59. The second kappa shape index (κ2) is 9.57. The minimum Gasteiger partial charge on any atom is -0.454 e. The summed E-state index contributed by atoms with van der Waals surface area (Å²) in [6, 6.07) is 1.71. The Bertz CT molecular complexity index is 919. The van der Waals surface area contributed by atoms with Crippen LogP contribution in [-0.4, -0.2) is 55.9 Å². The topological polar surface area (TPSA) is 122 Å². The number of nitrogens with one attached hydrogen (secondary N) is 2. The van der Waals surface area contributed by atoms with E-state index in [-0.39, 0.29) is 17.5 Å². The molecule has 9 nitrogen and oxygen atoms in total. The minimum absolute atomic E-state index is 0.161. The lowest BCUT2D eigenvalue weighted by molar-refractivity contribution is -0.151. The highest BCUT2D eigenvalue weighted by atomic mass is 32.2. The lowest BCUT2D eigenvalue weighted by Gasteiger charge is -2.24. The maximum atomic E-state index is 13.3. The lowest BCUT2D eigenvalue weighted by atomic mass is 10.1. The summed E-state index contributed by atoms with van der Waals surface area (Å²) in [5.41, 5.74) is 2.18. The first kappa shape index (κ1) is 23.8. The fourth-order valence-electron chi connectivity index (χ4n) is 3.65. The van der Waals surface area contributed by atoms with Crippen LogP contribution in [-0.2, 0) is 24.3 Å². The van der Waals surface area contributed by atoms with E-state index >= 15 is 0 Å². The average Bonchev–Trinajstić information content (AvgIpc) is 3.08. The molecule has 2 rings (SSSR count). The van der Waals surface area contributed by atoms with E-state index in [2.05, 4.69) is 5.32 Å². The number of carbonyl (C=O) groups is 3. The van der Waals surface area contributed by atoms with Crippen molar-refractivity contribution in [2.24, 2.45) is 0 Å². The van der Waals surface area contributed by atoms with Crippen LogP contribution in [0.3, 0.4) is 0 Å². The second-order valence-corrected chi connectivity index (χ2v) is 9.61. The van der Waals surface area contributed by atoms with Crippen molar-refractivity contribution < 1.29 is 27.5 Å². The number of ether oxygens (including phenoxy) is 1. The zero-order valence-corrected chi connectivity index (χ0v) is 18.8. The standard InChI is InChI=1S/C20H29N3O6S/c1-12(2)21-20(26)22-17(24)11-29-19(25)16-7-6-8-23(16)30(27,28)18-14(4)9-13(3)10-15(18)5/h9-10,12,16H,6-8,11H2,1-5H3,(H2,21,22,24,26). The number of sulfonamides is 1. The van der Waals surface area contributed by atoms with Gasteiger partial charge in [-0.25, -0.2) is 13.2 Å². The predicted molar refractivity (Wildman–Crippen MR) is 110 cm³/mol. The molecule has 1 aromatic carbocycles. The van der Waals surface area contributed by atoms with Gasteiger partial charge in [-0.3, -0.25) is 14.9 Å². The SMILES string of the molecule is Cc1cc(C)c(S(=O)(=O)N2CCCC2C(=O)OCC(=O)NC(=O)NC(C)C)c(C)c1. The molecule has 3 amide bonds. The Hall–Kier alpha value is -2.46. The Morgan fingerprint density at radius 1 is 1.17 bits per heavy atom. The summed E-state index contributed by atoms with van der Waals surface area (Å²) in [5.74, 6) is -1.60. The van der Waals surface area contributed by atoms with E-state index in [4.69, 9.17) is 4.74 Å². The van der Waals surface area contributed by atoms with Crippen LogP contribution in [0.2, 0.25) is 0 Å². The Labute approximate surface area is 177 Å². The third-order valence-electron chi connectivity index (χ3n) is 4.67. The summed E-state index contributed by atoms with van der Waals surface area (Å²) in [6.45, 7) is 8.33. The number of hydrogen-bond acceptors (Lipinski definition) is 6. The predicted octanol–water partition coefficient (Wildman–Crippen LogP) is 1.54. The second-order valence-electron chi connectivity index (χ2n) is 7.79. The molecule has 0 saturated carbocycles. The first-order valence-corrected chi connectivity index (χ1v) is 11.2. The van der Waals surface area contributed by atoms with E-state index < -0.39 is 40.6 Å². The molecule has 0 radical (unpaired) electrons. The van der Waals surface area contributed by atoms with Gasteiger partial charge in [0.15, 0.2) is 6.61 Å². The van der Waals surface area contributed by atoms with Gasteiger partial charge >= 0.3 is 12.0 Å². The van der Waals surface area contributed by atoms with Crippen molar-refractivity contribution >= 4 is 27.9 Å². The zero-order valence-electron chi connectivity index (χ0n) is 17.9. The molecule has 2 N–H and O–H groups in total. The number of nitrogens with zero attached hydrogens (tertiary/aromatic N) is 1. The van der Waals surface area contributed by atoms with E-state index in [0.29, 0.717) is 24.0 Å². The van der Waals surface area contributed by atoms with Crippen molar-refractivity contribution in [2.75, 3.05) is 13.2 Å². The number of hydrogen-bond donors (Lipinski definition) is 2. The number of rotatable bonds is 6. The minimum atomic E-state index is -3.91. The van der Waals surface area contributed by atoms with E-state index in [9.17, 15) is 22.8 Å². The van der Waals surface area contributed by atoms with Crippen LogP contribution >= 0.6 is 0 Å². The van der Waals surface area contributed by atoms with E-state index in [1.54, 1.807) is 39.8 Å². The number of carbonyl (C=O) groups excluding carboxylic acids is 3. The van der Waals surface area contributed by atoms with Gasteiger partial charge in [-0.2, -0.15) is 4.31 Å². The number of esters is 1. The smallest absolute Gasteiger partial charge is 0.324 e. The van der Waals surface area contributed by atoms with Crippen molar-refractivity contribution in [1.82, 2.24) is 14.9 Å². The van der Waals surface area contributed by atoms with Gasteiger partial charge in [-0.1, -0.05) is 17.7 Å². The van der Waals surface area contributed by atoms with Crippen LogP contribution in [0.4, 0.5) is 4.79 Å². The van der Waals surface area contributed by atoms with Crippen molar-refractivity contribution in [3.63, 3.8) is 0 Å². The Balaban J connectivity index is 2.09. The normalized spacial score (nSPS) is 17.1. The monoisotopic (exact) mass is 439 g/mol. The largest absolute Gasteiger partial charge is 0.454 e.